The van der Waals surface area contributed by atoms with Crippen molar-refractivity contribution in [1.82, 2.24) is 0 Å². The summed E-state index contributed by atoms with van der Waals surface area (Å²) in [7, 11) is 1.10. The second kappa shape index (κ2) is 45.5. The van der Waals surface area contributed by atoms with Gasteiger partial charge in [0.2, 0.25) is 0 Å². The molecule has 8 aromatic carbocycles. The van der Waals surface area contributed by atoms with Crippen LogP contribution in [0, 0.1) is 6.92 Å². The molecular weight excluding hydrogens is 1860 g/mol. The summed E-state index contributed by atoms with van der Waals surface area (Å²) in [6.45, 7) is 24.2. The van der Waals surface area contributed by atoms with E-state index >= 15 is 0 Å². The molecule has 0 aromatic heterocycles. The van der Waals surface area contributed by atoms with Crippen molar-refractivity contribution in [2.45, 2.75) is 302 Å². The summed E-state index contributed by atoms with van der Waals surface area (Å²) >= 11 is 0. The van der Waals surface area contributed by atoms with Gasteiger partial charge in [0.15, 0.2) is 24.4 Å². The van der Waals surface area contributed by atoms with Gasteiger partial charge in [-0.05, 0) is 396 Å². The summed E-state index contributed by atoms with van der Waals surface area (Å²) < 4.78 is 227. The monoisotopic (exact) mass is 1990 g/mol. The van der Waals surface area contributed by atoms with Crippen LogP contribution in [0.3, 0.4) is 0 Å². The molecule has 0 amide bonds. The Kier molecular flexibility index (Phi) is 35.2. The smallest absolute Gasteiger partial charge is 0.483 e. The number of fused-ring (bicyclic) bond motifs is 4. The fourth-order valence-electron chi connectivity index (χ4n) is 19.5. The van der Waals surface area contributed by atoms with Crippen molar-refractivity contribution in [3.05, 3.63) is 234 Å². The van der Waals surface area contributed by atoms with Crippen LogP contribution in [-0.2, 0) is 98.0 Å². The third-order valence-corrected chi connectivity index (χ3v) is 25.4. The molecule has 8 aromatic rings. The number of carboxylic acid groups (broad SMARTS) is 2. The predicted molar refractivity (Wildman–Crippen MR) is 518 cm³/mol. The maximum absolute atomic E-state index is 14.4. The zero-order chi connectivity index (χ0) is 104. The van der Waals surface area contributed by atoms with Crippen LogP contribution in [-0.4, -0.2) is 114 Å². The number of halogens is 12. The van der Waals surface area contributed by atoms with Crippen LogP contribution in [0.15, 0.2) is 145 Å². The van der Waals surface area contributed by atoms with Crippen LogP contribution in [0.5, 0.6) is 23.0 Å². The molecule has 0 bridgehead atoms. The number of rotatable bonds is 20. The summed E-state index contributed by atoms with van der Waals surface area (Å²) in [6, 6.07) is 31.6. The topological polar surface area (TPSA) is 241 Å². The molecule has 4 heterocycles. The first-order valence-corrected chi connectivity index (χ1v) is 48.4. The zero-order valence-corrected chi connectivity index (χ0v) is 83.0. The molecule has 4 N–H and O–H groups in total. The lowest BCUT2D eigenvalue weighted by atomic mass is 9.79. The van der Waals surface area contributed by atoms with Crippen molar-refractivity contribution in [1.29, 1.82) is 0 Å². The Bertz CT molecular complexity index is 5970. The first-order chi connectivity index (χ1) is 66.6. The molecule has 4 unspecified atom stereocenters. The lowest BCUT2D eigenvalue weighted by Gasteiger charge is -2.31. The highest BCUT2D eigenvalue weighted by Gasteiger charge is 2.48. The Morgan fingerprint density at radius 1 is 0.352 bits per heavy atom. The van der Waals surface area contributed by atoms with Crippen LogP contribution < -0.4 is 18.9 Å². The van der Waals surface area contributed by atoms with Gasteiger partial charge in [0.1, 0.15) is 23.0 Å². The number of hydrogen-bond donors (Lipinski definition) is 4. The molecule has 16 rings (SSSR count). The van der Waals surface area contributed by atoms with Crippen molar-refractivity contribution in [3.63, 3.8) is 0 Å². The van der Waals surface area contributed by atoms with Gasteiger partial charge in [0.25, 0.3) is 0 Å². The summed E-state index contributed by atoms with van der Waals surface area (Å²) in [4.78, 5) is 50.4. The quantitative estimate of drug-likeness (QED) is 0.0315. The molecule has 4 atom stereocenters. The largest absolute Gasteiger partial charge is 0.493 e. The van der Waals surface area contributed by atoms with E-state index in [1.807, 2.05) is 36.4 Å². The number of allylic oxidation sites excluding steroid dienone is 6. The van der Waals surface area contributed by atoms with Crippen molar-refractivity contribution in [2.24, 2.45) is 0 Å². The van der Waals surface area contributed by atoms with Crippen LogP contribution in [0.2, 0.25) is 0 Å². The maximum Gasteiger partial charge on any atom is 0.483 e. The Morgan fingerprint density at radius 3 is 0.944 bits per heavy atom. The summed E-state index contributed by atoms with van der Waals surface area (Å²) in [5, 5.41) is 37.2. The molecule has 4 aliphatic heterocycles. The number of alkyl halides is 12. The van der Waals surface area contributed by atoms with E-state index in [9.17, 15) is 82.1 Å². The molecule has 8 aliphatic rings. The Balaban J connectivity index is 0.000000164. The highest BCUT2D eigenvalue weighted by atomic mass is 19.4. The van der Waals surface area contributed by atoms with Gasteiger partial charge in [-0.2, -0.15) is 52.7 Å². The van der Waals surface area contributed by atoms with E-state index in [-0.39, 0.29) is 33.7 Å². The zero-order valence-electron chi connectivity index (χ0n) is 83.0. The standard InChI is InChI=1S/C28H31F3O4.C27H31F3O4.C27H29F3O4.C24H27F3O4.C5H9BO2/c1-27(2,3)35-25(26(32)33-4)24-21(28(29,30)31)13-12-20(17-8-5-6-9-17)23(24)19-11-14-22-18(16-19)10-7-15-34-22;2*1-26(2,3)34-24(25(31)32)23-20(27(28,29)30)12-11-19(16-7-4-5-8-16)22(23)18-10-13-21-17(15-18)9-6-14-33-21;1-14-8-10-17(24(25,26)27)20(21(22(28)29-5)31-23(2,3)4)19(14)16-9-11-18-15(13-16)7-6-12-30-18;7-6(8)5-3-1-2-4-5/h8,11-14,16,25H,5-7,9-10,15H2,1-4H3;10-13,15-16,24H,4-9,14H2,1-3H3,(H,31,32);7,10-13,15,24H,4-6,8-9,14H2,1-3H3,(H,31,32);8-11,13,21H,6-7,12H2,1-5H3;3,7-8H,1-2,4H2. The second-order valence-corrected chi connectivity index (χ2v) is 40.6. The molecule has 0 spiro atoms. The average molecular weight is 1990 g/mol. The number of aryl methyl sites for hydroxylation is 5. The van der Waals surface area contributed by atoms with Gasteiger partial charge in [-0.3, -0.25) is 0 Å². The second-order valence-electron chi connectivity index (χ2n) is 40.6. The predicted octanol–water partition coefficient (Wildman–Crippen LogP) is 27.9. The Morgan fingerprint density at radius 2 is 0.648 bits per heavy atom. The van der Waals surface area contributed by atoms with Crippen LogP contribution in [0.1, 0.15) is 312 Å². The highest BCUT2D eigenvalue weighted by Crippen LogP contribution is 2.55. The lowest BCUT2D eigenvalue weighted by molar-refractivity contribution is -0.167. The number of hydrogen-bond acceptors (Lipinski definition) is 16. The maximum atomic E-state index is 14.4. The minimum Gasteiger partial charge on any atom is -0.493 e. The van der Waals surface area contributed by atoms with Crippen molar-refractivity contribution in [2.75, 3.05) is 40.6 Å². The van der Waals surface area contributed by atoms with Gasteiger partial charge >= 0.3 is 55.7 Å². The molecule has 4 aliphatic carbocycles. The number of ether oxygens (including phenoxy) is 10. The van der Waals surface area contributed by atoms with Crippen molar-refractivity contribution >= 4 is 42.1 Å². The molecule has 1 fully saturated rings. The van der Waals surface area contributed by atoms with E-state index in [0.29, 0.717) is 87.8 Å². The number of carbonyl (C=O) groups excluding carboxylic acids is 2. The van der Waals surface area contributed by atoms with Gasteiger partial charge in [0.05, 0.1) is 85.3 Å². The van der Waals surface area contributed by atoms with E-state index < -0.39 is 125 Å². The number of aliphatic carboxylic acids is 2. The van der Waals surface area contributed by atoms with Gasteiger partial charge < -0.3 is 67.6 Å². The summed E-state index contributed by atoms with van der Waals surface area (Å²) in [6.07, 6.45) is -1.46. The molecule has 142 heavy (non-hydrogen) atoms. The number of carboxylic acids is 2. The van der Waals surface area contributed by atoms with Crippen LogP contribution in [0.4, 0.5) is 52.7 Å². The van der Waals surface area contributed by atoms with Crippen LogP contribution in [0.25, 0.3) is 55.7 Å². The van der Waals surface area contributed by atoms with Gasteiger partial charge in [-0.1, -0.05) is 79.6 Å². The molecule has 0 saturated heterocycles. The first kappa shape index (κ1) is 110. The third kappa shape index (κ3) is 27.6. The highest BCUT2D eigenvalue weighted by molar-refractivity contribution is 6.50. The van der Waals surface area contributed by atoms with E-state index in [2.05, 4.69) is 6.08 Å². The molecule has 1 saturated carbocycles. The fraction of sp³-hybridized carbons (Fsp3) is 0.477. The number of carbonyl (C=O) groups is 4. The first-order valence-electron chi connectivity index (χ1n) is 48.4. The molecule has 0 radical (unpaired) electrons. The average Bonchev–Trinajstić information content (AvgIpc) is 1.09. The van der Waals surface area contributed by atoms with Crippen molar-refractivity contribution in [3.8, 4) is 67.5 Å². The van der Waals surface area contributed by atoms with E-state index in [0.717, 1.165) is 235 Å². The number of methoxy groups -OCH3 is 2. The van der Waals surface area contributed by atoms with Crippen LogP contribution >= 0.6 is 0 Å². The van der Waals surface area contributed by atoms with Gasteiger partial charge in [0, 0.05) is 22.3 Å². The Labute approximate surface area is 822 Å². The van der Waals surface area contributed by atoms with Gasteiger partial charge in [-0.15, -0.1) is 0 Å². The molecule has 18 nitrogen and oxygen atoms in total. The summed E-state index contributed by atoms with van der Waals surface area (Å²) in [5.74, 6) is -1.65. The molecule has 766 valence electrons. The van der Waals surface area contributed by atoms with E-state index in [4.69, 9.17) is 57.4 Å². The minimum absolute atomic E-state index is 0.0763. The molecular formula is C111H127BF12O18. The Hall–Kier alpha value is -11.0. The number of benzene rings is 8. The van der Waals surface area contributed by atoms with E-state index in [1.54, 1.807) is 145 Å². The molecule has 31 heteroatoms. The van der Waals surface area contributed by atoms with E-state index in [1.165, 1.54) is 18.2 Å². The van der Waals surface area contributed by atoms with Crippen molar-refractivity contribution < 1.29 is 139 Å². The summed E-state index contributed by atoms with van der Waals surface area (Å²) in [5.41, 5.74) is 4.08. The van der Waals surface area contributed by atoms with Gasteiger partial charge in [-0.25, -0.2) is 19.2 Å². The lowest BCUT2D eigenvalue weighted by Crippen LogP contribution is -2.30. The minimum atomic E-state index is -4.75. The SMILES string of the molecule is CC(C)(C)OC(C(=O)O)c1c(C(F)(F)F)ccc(C2=CCCC2)c1-c1ccc2c(c1)CCCO2.CC(C)(C)OC(C(=O)O)c1c(C(F)(F)F)ccc(C2CCCC2)c1-c1ccc2c(c1)CCCO2.COC(=O)C(OC(C)(C)C)c1c(C(F)(F)F)ccc(C)c1-c1ccc2c(c1)CCCO2.COC(=O)C(OC(C)(C)C)c1c(C(F)(F)F)ccc(C2=CCCC2)c1-c1ccc2c(c1)CCCO2.OB(O)C1=CCCC1. The fourth-order valence-corrected chi connectivity index (χ4v) is 19.5. The normalized spacial score (nSPS) is 16.8. The number of esters is 2. The third-order valence-electron chi connectivity index (χ3n) is 25.4.